The lowest BCUT2D eigenvalue weighted by atomic mass is 9.94. The lowest BCUT2D eigenvalue weighted by Crippen LogP contribution is -2.39. The molecule has 18 heavy (non-hydrogen) atoms. The molecule has 0 N–H and O–H groups in total. The zero-order chi connectivity index (χ0) is 12.8. The lowest BCUT2D eigenvalue weighted by Gasteiger charge is -2.30. The molecular weight excluding hydrogens is 232 g/mol. The van der Waals surface area contributed by atoms with Gasteiger partial charge in [0.25, 0.3) is 0 Å². The van der Waals surface area contributed by atoms with Crippen LogP contribution in [-0.4, -0.2) is 25.1 Å². The van der Waals surface area contributed by atoms with Gasteiger partial charge in [-0.05, 0) is 6.42 Å². The predicted octanol–water partition coefficient (Wildman–Crippen LogP) is 2.22. The first-order valence-corrected chi connectivity index (χ1v) is 6.26. The van der Waals surface area contributed by atoms with Crippen molar-refractivity contribution in [1.29, 1.82) is 0 Å². The fraction of sp³-hybridized carbons (Fsp3) is 0.500. The molecule has 0 aromatic heterocycles. The number of Topliss-reactive ketones (excluding diaryl/α,β-unsaturated/α-hetero) is 1. The molecule has 2 aliphatic rings. The van der Waals surface area contributed by atoms with Gasteiger partial charge in [0.1, 0.15) is 0 Å². The van der Waals surface area contributed by atoms with Crippen LogP contribution in [0.15, 0.2) is 24.3 Å². The Bertz CT molecular complexity index is 484. The van der Waals surface area contributed by atoms with Gasteiger partial charge in [-0.1, -0.05) is 37.6 Å². The van der Waals surface area contributed by atoms with E-state index in [1.54, 1.807) is 6.07 Å². The average molecular weight is 248 g/mol. The molecule has 0 unspecified atom stereocenters. The van der Waals surface area contributed by atoms with Crippen LogP contribution in [0.25, 0.3) is 0 Å². The van der Waals surface area contributed by atoms with Crippen LogP contribution < -0.4 is 0 Å². The summed E-state index contributed by atoms with van der Waals surface area (Å²) in [6.07, 6.45) is 0.957. The van der Waals surface area contributed by atoms with E-state index in [9.17, 15) is 4.79 Å². The fourth-order valence-electron chi connectivity index (χ4n) is 2.70. The first kappa shape index (κ1) is 11.8. The molecule has 96 valence electrons. The molecule has 0 saturated carbocycles. The lowest BCUT2D eigenvalue weighted by molar-refractivity contribution is -0.343. The molecule has 2 bridgehead atoms. The van der Waals surface area contributed by atoms with E-state index in [0.717, 1.165) is 12.8 Å². The Morgan fingerprint density at radius 3 is 2.83 bits per heavy atom. The highest BCUT2D eigenvalue weighted by atomic mass is 16.9. The molecule has 0 amide bonds. The molecule has 3 atom stereocenters. The molecule has 0 radical (unpaired) electrons. The summed E-state index contributed by atoms with van der Waals surface area (Å²) < 4.78 is 17.1. The number of ether oxygens (including phenoxy) is 3. The van der Waals surface area contributed by atoms with E-state index in [1.165, 1.54) is 7.11 Å². The van der Waals surface area contributed by atoms with Crippen molar-refractivity contribution >= 4 is 5.78 Å². The molecular formula is C14H16O4. The summed E-state index contributed by atoms with van der Waals surface area (Å²) in [5.74, 6) is -1.20. The van der Waals surface area contributed by atoms with E-state index in [4.69, 9.17) is 14.2 Å². The number of hydrogen-bond donors (Lipinski definition) is 0. The van der Waals surface area contributed by atoms with Gasteiger partial charge in [-0.15, -0.1) is 0 Å². The predicted molar refractivity (Wildman–Crippen MR) is 64.1 cm³/mol. The van der Waals surface area contributed by atoms with Crippen LogP contribution in [0, 0.1) is 0 Å². The number of fused-ring (bicyclic) bond motifs is 4. The van der Waals surface area contributed by atoms with Gasteiger partial charge in [0, 0.05) is 12.7 Å². The fourth-order valence-corrected chi connectivity index (χ4v) is 2.70. The van der Waals surface area contributed by atoms with E-state index in [-0.39, 0.29) is 11.9 Å². The van der Waals surface area contributed by atoms with Gasteiger partial charge in [0.15, 0.2) is 11.9 Å². The Hall–Kier alpha value is -1.23. The third kappa shape index (κ3) is 1.46. The van der Waals surface area contributed by atoms with Crippen LogP contribution in [-0.2, 0) is 20.2 Å². The molecule has 1 aromatic rings. The Morgan fingerprint density at radius 2 is 2.11 bits per heavy atom. The van der Waals surface area contributed by atoms with E-state index >= 15 is 0 Å². The van der Waals surface area contributed by atoms with Gasteiger partial charge in [0.2, 0.25) is 0 Å². The molecule has 0 spiro atoms. The van der Waals surface area contributed by atoms with Gasteiger partial charge in [-0.3, -0.25) is 4.79 Å². The number of carbonyl (C=O) groups is 1. The number of rotatable bonds is 3. The van der Waals surface area contributed by atoms with E-state index in [0.29, 0.717) is 11.1 Å². The van der Waals surface area contributed by atoms with E-state index in [1.807, 2.05) is 18.2 Å². The number of hydrogen-bond acceptors (Lipinski definition) is 4. The minimum Gasteiger partial charge on any atom is -0.327 e. The van der Waals surface area contributed by atoms with Crippen LogP contribution >= 0.6 is 0 Å². The number of ketones is 1. The van der Waals surface area contributed by atoms with Crippen LogP contribution in [0.2, 0.25) is 0 Å². The normalized spacial score (nSPS) is 33.6. The van der Waals surface area contributed by atoms with Crippen LogP contribution in [0.3, 0.4) is 0 Å². The Labute approximate surface area is 106 Å². The molecule has 2 heterocycles. The first-order chi connectivity index (χ1) is 8.72. The third-order valence-corrected chi connectivity index (χ3v) is 3.55. The van der Waals surface area contributed by atoms with Crippen molar-refractivity contribution in [1.82, 2.24) is 0 Å². The largest absolute Gasteiger partial charge is 0.327 e. The first-order valence-electron chi connectivity index (χ1n) is 6.26. The van der Waals surface area contributed by atoms with Gasteiger partial charge in [0.05, 0.1) is 11.7 Å². The minimum absolute atomic E-state index is 0.00535. The molecule has 4 heteroatoms. The Balaban J connectivity index is 2.10. The summed E-state index contributed by atoms with van der Waals surface area (Å²) in [5, 5.41) is 0. The van der Waals surface area contributed by atoms with Crippen LogP contribution in [0.1, 0.15) is 35.7 Å². The smallest absolute Gasteiger partial charge is 0.313 e. The molecule has 1 saturated heterocycles. The average Bonchev–Trinajstić information content (AvgIpc) is 2.75. The molecule has 0 aliphatic carbocycles. The molecule has 3 rings (SSSR count). The molecule has 1 aromatic carbocycles. The number of benzene rings is 1. The summed E-state index contributed by atoms with van der Waals surface area (Å²) in [4.78, 5) is 12.4. The van der Waals surface area contributed by atoms with Gasteiger partial charge < -0.3 is 14.2 Å². The van der Waals surface area contributed by atoms with Crippen molar-refractivity contribution in [2.24, 2.45) is 0 Å². The highest BCUT2D eigenvalue weighted by molar-refractivity contribution is 6.02. The maximum absolute atomic E-state index is 12.4. The number of carbonyl (C=O) groups excluding carboxylic acids is 1. The van der Waals surface area contributed by atoms with Gasteiger partial charge >= 0.3 is 5.97 Å². The summed E-state index contributed by atoms with van der Waals surface area (Å²) in [5.41, 5.74) is 1.32. The quantitative estimate of drug-likeness (QED) is 0.822. The van der Waals surface area contributed by atoms with Gasteiger partial charge in [-0.2, -0.15) is 0 Å². The molecule has 4 nitrogen and oxygen atoms in total. The topological polar surface area (TPSA) is 44.8 Å². The van der Waals surface area contributed by atoms with Crippen molar-refractivity contribution < 1.29 is 19.0 Å². The van der Waals surface area contributed by atoms with E-state index in [2.05, 4.69) is 6.92 Å². The van der Waals surface area contributed by atoms with Crippen molar-refractivity contribution in [2.75, 3.05) is 7.11 Å². The summed E-state index contributed by atoms with van der Waals surface area (Å²) >= 11 is 0. The van der Waals surface area contributed by atoms with Gasteiger partial charge in [-0.25, -0.2) is 0 Å². The molecule has 1 fully saturated rings. The van der Waals surface area contributed by atoms with Crippen molar-refractivity contribution in [2.45, 2.75) is 37.9 Å². The van der Waals surface area contributed by atoms with Crippen molar-refractivity contribution in [3.8, 4) is 0 Å². The van der Waals surface area contributed by atoms with E-state index < -0.39 is 12.1 Å². The maximum Gasteiger partial charge on any atom is 0.313 e. The van der Waals surface area contributed by atoms with Crippen molar-refractivity contribution in [3.63, 3.8) is 0 Å². The van der Waals surface area contributed by atoms with Crippen LogP contribution in [0.4, 0.5) is 0 Å². The highest BCUT2D eigenvalue weighted by Gasteiger charge is 2.57. The summed E-state index contributed by atoms with van der Waals surface area (Å²) in [6.45, 7) is 2.06. The number of methoxy groups -OCH3 is 1. The summed E-state index contributed by atoms with van der Waals surface area (Å²) in [6, 6.07) is 7.33. The standard InChI is InChI=1S/C14H16O4/c1-3-6-11-13-12(15)9-7-4-5-8-10(9)14(16-2,17-11)18-13/h4-5,7-8,11,13H,3,6H2,1-2H3/t11-,13-,14+/m0/s1. The Morgan fingerprint density at radius 1 is 1.33 bits per heavy atom. The SMILES string of the molecule is CCC[C@@H]1O[C@@]2(OC)O[C@@H]1C(=O)c1ccccc12. The maximum atomic E-state index is 12.4. The monoisotopic (exact) mass is 248 g/mol. The second-order valence-corrected chi connectivity index (χ2v) is 4.65. The zero-order valence-corrected chi connectivity index (χ0v) is 10.5. The third-order valence-electron chi connectivity index (χ3n) is 3.55. The minimum atomic E-state index is -1.20. The molecule has 2 aliphatic heterocycles. The highest BCUT2D eigenvalue weighted by Crippen LogP contribution is 2.46. The Kier molecular flexibility index (Phi) is 2.73. The summed E-state index contributed by atoms with van der Waals surface area (Å²) in [7, 11) is 1.54. The second-order valence-electron chi connectivity index (χ2n) is 4.65. The zero-order valence-electron chi connectivity index (χ0n) is 10.5. The second kappa shape index (κ2) is 4.16. The van der Waals surface area contributed by atoms with Crippen LogP contribution in [0.5, 0.6) is 0 Å². The van der Waals surface area contributed by atoms with Crippen molar-refractivity contribution in [3.05, 3.63) is 35.4 Å².